The molecule has 0 bridgehead atoms. The van der Waals surface area contributed by atoms with Crippen molar-refractivity contribution in [2.75, 3.05) is 12.3 Å². The summed E-state index contributed by atoms with van der Waals surface area (Å²) < 4.78 is 38.0. The van der Waals surface area contributed by atoms with Crippen LogP contribution < -0.4 is 5.73 Å². The minimum atomic E-state index is -4.27. The van der Waals surface area contributed by atoms with Gasteiger partial charge in [-0.2, -0.15) is 24.9 Å². The van der Waals surface area contributed by atoms with Crippen LogP contribution in [0.1, 0.15) is 18.1 Å². The largest absolute Gasteiger partial charge is 0.416 e. The van der Waals surface area contributed by atoms with Gasteiger partial charge in [-0.05, 0) is 29.8 Å². The van der Waals surface area contributed by atoms with E-state index in [2.05, 4.69) is 0 Å². The first-order chi connectivity index (χ1) is 7.95. The summed E-state index contributed by atoms with van der Waals surface area (Å²) in [5.74, 6) is 1.49. The second kappa shape index (κ2) is 6.31. The van der Waals surface area contributed by atoms with E-state index in [1.54, 1.807) is 6.07 Å². The lowest BCUT2D eigenvalue weighted by Gasteiger charge is -2.13. The highest BCUT2D eigenvalue weighted by molar-refractivity contribution is 7.98. The average molecular weight is 263 g/mol. The molecule has 0 saturated carbocycles. The molecular weight excluding hydrogens is 247 g/mol. The monoisotopic (exact) mass is 263 g/mol. The van der Waals surface area contributed by atoms with E-state index >= 15 is 0 Å². The van der Waals surface area contributed by atoms with Crippen LogP contribution in [0, 0.1) is 5.92 Å². The van der Waals surface area contributed by atoms with Crippen LogP contribution in [0.2, 0.25) is 0 Å². The van der Waals surface area contributed by atoms with Crippen LogP contribution in [0.15, 0.2) is 24.3 Å². The van der Waals surface area contributed by atoms with E-state index < -0.39 is 11.7 Å². The van der Waals surface area contributed by atoms with Gasteiger partial charge in [0.1, 0.15) is 0 Å². The Morgan fingerprint density at radius 1 is 1.29 bits per heavy atom. The van der Waals surface area contributed by atoms with Gasteiger partial charge in [0, 0.05) is 5.75 Å². The minimum absolute atomic E-state index is 0.332. The quantitative estimate of drug-likeness (QED) is 0.879. The second-order valence-corrected chi connectivity index (χ2v) is 5.04. The van der Waals surface area contributed by atoms with Gasteiger partial charge in [0.2, 0.25) is 0 Å². The predicted octanol–water partition coefficient (Wildman–Crippen LogP) is 3.53. The van der Waals surface area contributed by atoms with E-state index in [9.17, 15) is 13.2 Å². The molecule has 0 fully saturated rings. The van der Waals surface area contributed by atoms with Crippen LogP contribution in [-0.2, 0) is 11.9 Å². The Morgan fingerprint density at radius 3 is 2.53 bits per heavy atom. The average Bonchev–Trinajstić information content (AvgIpc) is 2.28. The molecule has 0 amide bonds. The predicted molar refractivity (Wildman–Crippen MR) is 65.8 cm³/mol. The molecule has 1 nitrogen and oxygen atoms in total. The Balaban J connectivity index is 2.65. The first kappa shape index (κ1) is 14.4. The Kier molecular flexibility index (Phi) is 5.33. The summed E-state index contributed by atoms with van der Waals surface area (Å²) in [5.41, 5.74) is 5.26. The first-order valence-electron chi connectivity index (χ1n) is 5.38. The van der Waals surface area contributed by atoms with Gasteiger partial charge in [0.15, 0.2) is 0 Å². The van der Waals surface area contributed by atoms with E-state index in [1.807, 2.05) is 6.92 Å². The smallest absolute Gasteiger partial charge is 0.330 e. The molecule has 5 heteroatoms. The van der Waals surface area contributed by atoms with Gasteiger partial charge < -0.3 is 5.73 Å². The van der Waals surface area contributed by atoms with Gasteiger partial charge in [-0.25, -0.2) is 0 Å². The molecule has 0 spiro atoms. The molecule has 0 heterocycles. The van der Waals surface area contributed by atoms with Gasteiger partial charge in [0.25, 0.3) is 0 Å². The number of benzene rings is 1. The Morgan fingerprint density at radius 2 is 1.94 bits per heavy atom. The number of alkyl halides is 3. The molecule has 1 aromatic carbocycles. The highest BCUT2D eigenvalue weighted by Gasteiger charge is 2.32. The highest BCUT2D eigenvalue weighted by atomic mass is 32.2. The summed E-state index contributed by atoms with van der Waals surface area (Å²) in [6.07, 6.45) is -4.27. The normalized spacial score (nSPS) is 13.7. The summed E-state index contributed by atoms with van der Waals surface area (Å²) in [6.45, 7) is 2.55. The third-order valence-electron chi connectivity index (χ3n) is 2.39. The van der Waals surface area contributed by atoms with Crippen molar-refractivity contribution in [2.45, 2.75) is 18.9 Å². The van der Waals surface area contributed by atoms with Gasteiger partial charge in [-0.15, -0.1) is 0 Å². The van der Waals surface area contributed by atoms with Crippen molar-refractivity contribution in [3.8, 4) is 0 Å². The fraction of sp³-hybridized carbons (Fsp3) is 0.500. The maximum absolute atomic E-state index is 12.7. The van der Waals surface area contributed by atoms with Crippen LogP contribution in [0.25, 0.3) is 0 Å². The standard InChI is InChI=1S/C12H16F3NS/c1-9(6-16)7-17-8-10-4-2-3-5-11(10)12(13,14)15/h2-5,9H,6-8,16H2,1H3. The van der Waals surface area contributed by atoms with Crippen molar-refractivity contribution in [1.29, 1.82) is 0 Å². The fourth-order valence-corrected chi connectivity index (χ4v) is 2.49. The zero-order valence-corrected chi connectivity index (χ0v) is 10.4. The van der Waals surface area contributed by atoms with E-state index in [4.69, 9.17) is 5.73 Å². The van der Waals surface area contributed by atoms with Crippen molar-refractivity contribution in [1.82, 2.24) is 0 Å². The van der Waals surface area contributed by atoms with Crippen LogP contribution in [0.3, 0.4) is 0 Å². The summed E-state index contributed by atoms with van der Waals surface area (Å²) >= 11 is 1.49. The Bertz CT molecular complexity index is 352. The summed E-state index contributed by atoms with van der Waals surface area (Å²) in [7, 11) is 0. The molecule has 1 atom stereocenters. The van der Waals surface area contributed by atoms with E-state index in [1.165, 1.54) is 23.9 Å². The number of hydrogen-bond acceptors (Lipinski definition) is 2. The zero-order chi connectivity index (χ0) is 12.9. The molecule has 0 aliphatic rings. The topological polar surface area (TPSA) is 26.0 Å². The SMILES string of the molecule is CC(CN)CSCc1ccccc1C(F)(F)F. The molecule has 0 radical (unpaired) electrons. The number of rotatable bonds is 5. The molecule has 17 heavy (non-hydrogen) atoms. The Hall–Kier alpha value is -0.680. The lowest BCUT2D eigenvalue weighted by molar-refractivity contribution is -0.138. The molecule has 96 valence electrons. The molecule has 1 unspecified atom stereocenters. The number of hydrogen-bond donors (Lipinski definition) is 1. The third-order valence-corrected chi connectivity index (χ3v) is 3.70. The number of thioether (sulfide) groups is 1. The van der Waals surface area contributed by atoms with Gasteiger partial charge >= 0.3 is 6.18 Å². The molecule has 0 aromatic heterocycles. The second-order valence-electron chi connectivity index (χ2n) is 4.01. The van der Waals surface area contributed by atoms with Crippen molar-refractivity contribution in [3.05, 3.63) is 35.4 Å². The van der Waals surface area contributed by atoms with E-state index in [0.29, 0.717) is 23.8 Å². The molecule has 2 N–H and O–H groups in total. The van der Waals surface area contributed by atoms with Gasteiger partial charge in [-0.3, -0.25) is 0 Å². The summed E-state index contributed by atoms with van der Waals surface area (Å²) in [6, 6.07) is 5.71. The van der Waals surface area contributed by atoms with Crippen LogP contribution in [0.4, 0.5) is 13.2 Å². The fourth-order valence-electron chi connectivity index (χ4n) is 1.36. The van der Waals surface area contributed by atoms with E-state index in [0.717, 1.165) is 11.8 Å². The maximum atomic E-state index is 12.7. The van der Waals surface area contributed by atoms with E-state index in [-0.39, 0.29) is 0 Å². The van der Waals surface area contributed by atoms with Gasteiger partial charge in [-0.1, -0.05) is 25.1 Å². The zero-order valence-electron chi connectivity index (χ0n) is 9.63. The molecule has 0 aliphatic carbocycles. The van der Waals surface area contributed by atoms with Crippen molar-refractivity contribution in [2.24, 2.45) is 11.7 Å². The molecule has 1 aromatic rings. The summed E-state index contributed by atoms with van der Waals surface area (Å²) in [4.78, 5) is 0. The van der Waals surface area contributed by atoms with Crippen molar-refractivity contribution < 1.29 is 13.2 Å². The van der Waals surface area contributed by atoms with Gasteiger partial charge in [0.05, 0.1) is 5.56 Å². The summed E-state index contributed by atoms with van der Waals surface area (Å²) in [5, 5.41) is 0. The molecule has 0 saturated heterocycles. The lowest BCUT2D eigenvalue weighted by Crippen LogP contribution is -2.13. The van der Waals surface area contributed by atoms with Crippen LogP contribution in [-0.4, -0.2) is 12.3 Å². The van der Waals surface area contributed by atoms with Crippen LogP contribution >= 0.6 is 11.8 Å². The van der Waals surface area contributed by atoms with Crippen molar-refractivity contribution in [3.63, 3.8) is 0 Å². The third kappa shape index (κ3) is 4.60. The lowest BCUT2D eigenvalue weighted by atomic mass is 10.1. The molecule has 0 aliphatic heterocycles. The minimum Gasteiger partial charge on any atom is -0.330 e. The molecular formula is C12H16F3NS. The van der Waals surface area contributed by atoms with Crippen molar-refractivity contribution >= 4 is 11.8 Å². The van der Waals surface area contributed by atoms with Crippen LogP contribution in [0.5, 0.6) is 0 Å². The first-order valence-corrected chi connectivity index (χ1v) is 6.53. The number of nitrogens with two attached hydrogens (primary N) is 1. The number of halogens is 3. The molecule has 1 rings (SSSR count). The Labute approximate surface area is 104 Å². The maximum Gasteiger partial charge on any atom is 0.416 e. The highest BCUT2D eigenvalue weighted by Crippen LogP contribution is 2.33.